The van der Waals surface area contributed by atoms with E-state index in [2.05, 4.69) is 15.2 Å². The first kappa shape index (κ1) is 11.4. The maximum atomic E-state index is 11.3. The number of hydrogen-bond acceptors (Lipinski definition) is 5. The molecule has 6 heteroatoms. The Morgan fingerprint density at radius 2 is 2.50 bits per heavy atom. The van der Waals surface area contributed by atoms with Gasteiger partial charge in [0.25, 0.3) is 0 Å². The molecule has 2 aromatic rings. The molecule has 1 N–H and O–H groups in total. The zero-order valence-electron chi connectivity index (χ0n) is 9.76. The number of nitrogens with one attached hydrogen (secondary N) is 1. The molecule has 0 aromatic carbocycles. The molecule has 1 amide bonds. The Kier molecular flexibility index (Phi) is 3.12. The van der Waals surface area contributed by atoms with Gasteiger partial charge in [-0.25, -0.2) is 4.98 Å². The minimum absolute atomic E-state index is 0.0859. The van der Waals surface area contributed by atoms with Crippen LogP contribution >= 0.6 is 11.3 Å². The molecule has 94 valence electrons. The summed E-state index contributed by atoms with van der Waals surface area (Å²) in [5.74, 6) is 0.880. The van der Waals surface area contributed by atoms with E-state index in [-0.39, 0.29) is 5.91 Å². The number of rotatable bonds is 3. The molecule has 0 aliphatic carbocycles. The lowest BCUT2D eigenvalue weighted by molar-refractivity contribution is -0.124. The average Bonchev–Trinajstić information content (AvgIpc) is 2.98. The topological polar surface area (TPSA) is 58.4 Å². The number of hydrogen-bond donors (Lipinski definition) is 1. The summed E-state index contributed by atoms with van der Waals surface area (Å²) in [6.45, 7) is 2.76. The van der Waals surface area contributed by atoms with Gasteiger partial charge in [0, 0.05) is 25.0 Å². The summed E-state index contributed by atoms with van der Waals surface area (Å²) < 4.78 is 5.31. The molecule has 0 spiro atoms. The lowest BCUT2D eigenvalue weighted by atomic mass is 10.3. The van der Waals surface area contributed by atoms with Gasteiger partial charge in [0.15, 0.2) is 10.8 Å². The van der Waals surface area contributed by atoms with Crippen LogP contribution in [0.5, 0.6) is 0 Å². The molecule has 5 nitrogen and oxygen atoms in total. The Morgan fingerprint density at radius 1 is 1.56 bits per heavy atom. The predicted octanol–water partition coefficient (Wildman–Crippen LogP) is 1.33. The van der Waals surface area contributed by atoms with Crippen molar-refractivity contribution < 1.29 is 9.21 Å². The summed E-state index contributed by atoms with van der Waals surface area (Å²) in [7, 11) is 0. The molecule has 1 saturated heterocycles. The first-order valence-corrected chi connectivity index (χ1v) is 6.66. The van der Waals surface area contributed by atoms with Crippen LogP contribution in [-0.4, -0.2) is 35.4 Å². The third-order valence-electron chi connectivity index (χ3n) is 2.79. The number of carbonyl (C=O) groups is 1. The molecular formula is C12H13N3O2S. The minimum atomic E-state index is 0.0859. The van der Waals surface area contributed by atoms with E-state index in [1.54, 1.807) is 17.6 Å². The molecule has 0 unspecified atom stereocenters. The highest BCUT2D eigenvalue weighted by Crippen LogP contribution is 2.24. The zero-order valence-corrected chi connectivity index (χ0v) is 10.6. The number of aromatic nitrogens is 1. The standard InChI is InChI=1S/C12H13N3O2S/c16-11-7-15(4-3-13-11)6-9-8-18-12(14-9)10-2-1-5-17-10/h1-2,5,8H,3-4,6-7H2,(H,13,16). The quantitative estimate of drug-likeness (QED) is 0.907. The fourth-order valence-corrected chi connectivity index (χ4v) is 2.73. The Balaban J connectivity index is 1.68. The lowest BCUT2D eigenvalue weighted by Gasteiger charge is -2.25. The number of furan rings is 1. The van der Waals surface area contributed by atoms with E-state index >= 15 is 0 Å². The second-order valence-electron chi connectivity index (χ2n) is 4.18. The molecule has 0 radical (unpaired) electrons. The molecule has 0 atom stereocenters. The summed E-state index contributed by atoms with van der Waals surface area (Å²) in [5, 5.41) is 5.72. The third kappa shape index (κ3) is 2.44. The van der Waals surface area contributed by atoms with Crippen LogP contribution in [0.25, 0.3) is 10.8 Å². The first-order chi connectivity index (χ1) is 8.81. The van der Waals surface area contributed by atoms with Crippen molar-refractivity contribution in [3.8, 4) is 10.8 Å². The van der Waals surface area contributed by atoms with Crippen molar-refractivity contribution in [1.29, 1.82) is 0 Å². The third-order valence-corrected chi connectivity index (χ3v) is 3.69. The van der Waals surface area contributed by atoms with Gasteiger partial charge in [-0.05, 0) is 12.1 Å². The molecule has 18 heavy (non-hydrogen) atoms. The van der Waals surface area contributed by atoms with Crippen molar-refractivity contribution in [2.75, 3.05) is 19.6 Å². The molecule has 1 aliphatic rings. The largest absolute Gasteiger partial charge is 0.462 e. The molecule has 3 rings (SSSR count). The van der Waals surface area contributed by atoms with Gasteiger partial charge in [-0.15, -0.1) is 11.3 Å². The van der Waals surface area contributed by atoms with Gasteiger partial charge in [0.05, 0.1) is 18.5 Å². The summed E-state index contributed by atoms with van der Waals surface area (Å²) in [4.78, 5) is 17.9. The van der Waals surface area contributed by atoms with E-state index in [0.717, 1.165) is 23.0 Å². The summed E-state index contributed by atoms with van der Waals surface area (Å²) in [5.41, 5.74) is 0.987. The maximum Gasteiger partial charge on any atom is 0.234 e. The van der Waals surface area contributed by atoms with Crippen molar-refractivity contribution in [3.63, 3.8) is 0 Å². The van der Waals surface area contributed by atoms with Crippen LogP contribution in [0.1, 0.15) is 5.69 Å². The number of amides is 1. The SMILES string of the molecule is O=C1CN(Cc2csc(-c3ccco3)n2)CCN1. The molecule has 3 heterocycles. The Bertz CT molecular complexity index is 535. The summed E-state index contributed by atoms with van der Waals surface area (Å²) in [6.07, 6.45) is 1.64. The Hall–Kier alpha value is -1.66. The van der Waals surface area contributed by atoms with E-state index in [0.29, 0.717) is 19.6 Å². The molecule has 1 fully saturated rings. The van der Waals surface area contributed by atoms with Gasteiger partial charge >= 0.3 is 0 Å². The highest BCUT2D eigenvalue weighted by atomic mass is 32.1. The highest BCUT2D eigenvalue weighted by molar-refractivity contribution is 7.13. The van der Waals surface area contributed by atoms with Gasteiger partial charge in [0.2, 0.25) is 5.91 Å². The second kappa shape index (κ2) is 4.91. The Morgan fingerprint density at radius 3 is 3.28 bits per heavy atom. The van der Waals surface area contributed by atoms with E-state index in [1.165, 1.54) is 0 Å². The van der Waals surface area contributed by atoms with Crippen LogP contribution in [0.4, 0.5) is 0 Å². The van der Waals surface area contributed by atoms with Crippen LogP contribution in [-0.2, 0) is 11.3 Å². The van der Waals surface area contributed by atoms with Crippen LogP contribution in [0.3, 0.4) is 0 Å². The molecule has 1 aliphatic heterocycles. The smallest absolute Gasteiger partial charge is 0.234 e. The van der Waals surface area contributed by atoms with Gasteiger partial charge in [-0.2, -0.15) is 0 Å². The average molecular weight is 263 g/mol. The van der Waals surface area contributed by atoms with Crippen LogP contribution in [0.15, 0.2) is 28.2 Å². The van der Waals surface area contributed by atoms with Gasteiger partial charge < -0.3 is 9.73 Å². The molecular weight excluding hydrogens is 250 g/mol. The molecule has 0 bridgehead atoms. The van der Waals surface area contributed by atoms with Crippen molar-refractivity contribution in [2.45, 2.75) is 6.54 Å². The lowest BCUT2D eigenvalue weighted by Crippen LogP contribution is -2.47. The number of piperazine rings is 1. The number of thiazole rings is 1. The summed E-state index contributed by atoms with van der Waals surface area (Å²) >= 11 is 1.56. The van der Waals surface area contributed by atoms with Crippen molar-refractivity contribution in [1.82, 2.24) is 15.2 Å². The predicted molar refractivity (Wildman–Crippen MR) is 68.1 cm³/mol. The maximum absolute atomic E-state index is 11.3. The summed E-state index contributed by atoms with van der Waals surface area (Å²) in [6, 6.07) is 3.75. The molecule has 2 aromatic heterocycles. The first-order valence-electron chi connectivity index (χ1n) is 5.78. The van der Waals surface area contributed by atoms with E-state index in [4.69, 9.17) is 4.42 Å². The van der Waals surface area contributed by atoms with Gasteiger partial charge in [-0.1, -0.05) is 0 Å². The normalized spacial score (nSPS) is 16.8. The monoisotopic (exact) mass is 263 g/mol. The number of nitrogens with zero attached hydrogens (tertiary/aromatic N) is 2. The van der Waals surface area contributed by atoms with Crippen LogP contribution in [0.2, 0.25) is 0 Å². The fraction of sp³-hybridized carbons (Fsp3) is 0.333. The Labute approximate surface area is 108 Å². The van der Waals surface area contributed by atoms with Crippen molar-refractivity contribution in [3.05, 3.63) is 29.5 Å². The number of carbonyl (C=O) groups excluding carboxylic acids is 1. The second-order valence-corrected chi connectivity index (χ2v) is 5.04. The zero-order chi connectivity index (χ0) is 12.4. The fourth-order valence-electron chi connectivity index (χ4n) is 1.95. The van der Waals surface area contributed by atoms with Crippen molar-refractivity contribution >= 4 is 17.2 Å². The van der Waals surface area contributed by atoms with E-state index < -0.39 is 0 Å². The van der Waals surface area contributed by atoms with E-state index in [1.807, 2.05) is 17.5 Å². The van der Waals surface area contributed by atoms with Gasteiger partial charge in [-0.3, -0.25) is 9.69 Å². The van der Waals surface area contributed by atoms with Crippen molar-refractivity contribution in [2.24, 2.45) is 0 Å². The van der Waals surface area contributed by atoms with E-state index in [9.17, 15) is 4.79 Å². The van der Waals surface area contributed by atoms with Gasteiger partial charge in [0.1, 0.15) is 0 Å². The van der Waals surface area contributed by atoms with Crippen LogP contribution in [0, 0.1) is 0 Å². The van der Waals surface area contributed by atoms with Crippen LogP contribution < -0.4 is 5.32 Å². The highest BCUT2D eigenvalue weighted by Gasteiger charge is 2.17. The minimum Gasteiger partial charge on any atom is -0.462 e. The molecule has 0 saturated carbocycles.